The Bertz CT molecular complexity index is 624. The van der Waals surface area contributed by atoms with Gasteiger partial charge in [-0.05, 0) is 5.56 Å². The van der Waals surface area contributed by atoms with Crippen LogP contribution in [-0.2, 0) is 11.3 Å². The molecule has 5 nitrogen and oxygen atoms in total. The van der Waals surface area contributed by atoms with Crippen LogP contribution >= 0.6 is 11.3 Å². The van der Waals surface area contributed by atoms with Gasteiger partial charge in [-0.15, -0.1) is 11.3 Å². The molecule has 1 heterocycles. The van der Waals surface area contributed by atoms with Crippen LogP contribution in [0.2, 0.25) is 0 Å². The van der Waals surface area contributed by atoms with Gasteiger partial charge in [-0.25, -0.2) is 4.79 Å². The Morgan fingerprint density at radius 3 is 2.62 bits per heavy atom. The van der Waals surface area contributed by atoms with Crippen LogP contribution in [0.1, 0.15) is 15.2 Å². The number of hydrogen-bond acceptors (Lipinski definition) is 4. The number of hydrogen-bond donors (Lipinski definition) is 1. The summed E-state index contributed by atoms with van der Waals surface area (Å²) < 4.78 is 5.31. The molecule has 0 spiro atoms. The molecule has 21 heavy (non-hydrogen) atoms. The van der Waals surface area contributed by atoms with Gasteiger partial charge in [0.25, 0.3) is 5.91 Å². The second-order valence-electron chi connectivity index (χ2n) is 4.48. The van der Waals surface area contributed by atoms with Gasteiger partial charge in [-0.1, -0.05) is 30.3 Å². The van der Waals surface area contributed by atoms with Crippen LogP contribution < -0.4 is 4.74 Å². The third kappa shape index (κ3) is 4.32. The highest BCUT2D eigenvalue weighted by Gasteiger charge is 2.12. The van der Waals surface area contributed by atoms with Crippen molar-refractivity contribution in [2.45, 2.75) is 6.54 Å². The van der Waals surface area contributed by atoms with Gasteiger partial charge in [0.05, 0.1) is 0 Å². The van der Waals surface area contributed by atoms with Crippen molar-refractivity contribution in [3.63, 3.8) is 0 Å². The van der Waals surface area contributed by atoms with E-state index in [4.69, 9.17) is 9.84 Å². The van der Waals surface area contributed by atoms with E-state index in [-0.39, 0.29) is 17.4 Å². The van der Waals surface area contributed by atoms with Crippen LogP contribution in [-0.4, -0.2) is 35.5 Å². The SMILES string of the molecule is CN(Cc1ccccc1)C(=O)COc1csc(C(=O)O)c1. The second kappa shape index (κ2) is 6.90. The predicted molar refractivity (Wildman–Crippen MR) is 79.7 cm³/mol. The highest BCUT2D eigenvalue weighted by Crippen LogP contribution is 2.21. The fourth-order valence-electron chi connectivity index (χ4n) is 1.71. The quantitative estimate of drug-likeness (QED) is 0.890. The second-order valence-corrected chi connectivity index (χ2v) is 5.39. The summed E-state index contributed by atoms with van der Waals surface area (Å²) in [6.45, 7) is 0.395. The lowest BCUT2D eigenvalue weighted by molar-refractivity contribution is -0.132. The lowest BCUT2D eigenvalue weighted by Gasteiger charge is -2.17. The zero-order chi connectivity index (χ0) is 15.2. The van der Waals surface area contributed by atoms with Crippen LogP contribution in [0.25, 0.3) is 0 Å². The van der Waals surface area contributed by atoms with Crippen LogP contribution in [0.3, 0.4) is 0 Å². The molecule has 0 saturated carbocycles. The van der Waals surface area contributed by atoms with Crippen LogP contribution in [0, 0.1) is 0 Å². The van der Waals surface area contributed by atoms with Gasteiger partial charge in [0.1, 0.15) is 10.6 Å². The molecule has 0 aliphatic heterocycles. The van der Waals surface area contributed by atoms with Crippen LogP contribution in [0.15, 0.2) is 41.8 Å². The molecule has 2 aromatic rings. The topological polar surface area (TPSA) is 66.8 Å². The summed E-state index contributed by atoms with van der Waals surface area (Å²) in [6.07, 6.45) is 0. The minimum absolute atomic E-state index is 0.112. The van der Waals surface area contributed by atoms with Gasteiger partial charge in [-0.3, -0.25) is 4.79 Å². The average molecular weight is 305 g/mol. The normalized spacial score (nSPS) is 10.1. The van der Waals surface area contributed by atoms with Crippen molar-refractivity contribution in [2.24, 2.45) is 0 Å². The van der Waals surface area contributed by atoms with E-state index in [1.54, 1.807) is 17.3 Å². The standard InChI is InChI=1S/C15H15NO4S/c1-16(8-11-5-3-2-4-6-11)14(17)9-20-12-7-13(15(18)19)21-10-12/h2-7,10H,8-9H2,1H3,(H,18,19). The molecule has 0 saturated heterocycles. The number of carbonyl (C=O) groups excluding carboxylic acids is 1. The number of rotatable bonds is 6. The molecule has 0 radical (unpaired) electrons. The molecule has 1 aromatic heterocycles. The number of amides is 1. The molecule has 1 amide bonds. The van der Waals surface area contributed by atoms with Crippen molar-refractivity contribution < 1.29 is 19.4 Å². The number of carboxylic acids is 1. The Balaban J connectivity index is 1.84. The predicted octanol–water partition coefficient (Wildman–Crippen LogP) is 2.48. The summed E-state index contributed by atoms with van der Waals surface area (Å²) in [5.41, 5.74) is 1.04. The highest BCUT2D eigenvalue weighted by atomic mass is 32.1. The summed E-state index contributed by atoms with van der Waals surface area (Å²) in [4.78, 5) is 24.5. The first-order chi connectivity index (χ1) is 10.1. The van der Waals surface area contributed by atoms with Crippen LogP contribution in [0.5, 0.6) is 5.75 Å². The number of benzene rings is 1. The summed E-state index contributed by atoms with van der Waals surface area (Å²) in [6, 6.07) is 11.1. The Hall–Kier alpha value is -2.34. The molecule has 6 heteroatoms. The van der Waals surface area contributed by atoms with Gasteiger partial charge in [-0.2, -0.15) is 0 Å². The molecule has 1 N–H and O–H groups in total. The zero-order valence-electron chi connectivity index (χ0n) is 11.5. The molecule has 0 fully saturated rings. The molecule has 0 unspecified atom stereocenters. The number of carbonyl (C=O) groups is 2. The Labute approximate surface area is 126 Å². The van der Waals surface area contributed by atoms with Crippen LogP contribution in [0.4, 0.5) is 0 Å². The molecular weight excluding hydrogens is 290 g/mol. The fourth-order valence-corrected chi connectivity index (χ4v) is 2.37. The molecule has 110 valence electrons. The van der Waals surface area contributed by atoms with Crippen molar-refractivity contribution in [1.82, 2.24) is 4.90 Å². The summed E-state index contributed by atoms with van der Waals surface area (Å²) in [5.74, 6) is -0.761. The lowest BCUT2D eigenvalue weighted by atomic mass is 10.2. The van der Waals surface area contributed by atoms with E-state index < -0.39 is 5.97 Å². The lowest BCUT2D eigenvalue weighted by Crippen LogP contribution is -2.30. The Morgan fingerprint density at radius 2 is 2.00 bits per heavy atom. The van der Waals surface area contributed by atoms with Gasteiger partial charge < -0.3 is 14.7 Å². The number of thiophene rings is 1. The first-order valence-corrected chi connectivity index (χ1v) is 7.16. The molecule has 1 aromatic carbocycles. The molecule has 0 aliphatic rings. The zero-order valence-corrected chi connectivity index (χ0v) is 12.3. The van der Waals surface area contributed by atoms with Gasteiger partial charge >= 0.3 is 5.97 Å². The van der Waals surface area contributed by atoms with Crippen molar-refractivity contribution in [3.8, 4) is 5.75 Å². The summed E-state index contributed by atoms with van der Waals surface area (Å²) in [7, 11) is 1.70. The van der Waals surface area contributed by atoms with Gasteiger partial charge in [0.15, 0.2) is 6.61 Å². The smallest absolute Gasteiger partial charge is 0.346 e. The number of ether oxygens (including phenoxy) is 1. The maximum atomic E-state index is 11.9. The van der Waals surface area contributed by atoms with Crippen molar-refractivity contribution in [3.05, 3.63) is 52.2 Å². The number of likely N-dealkylation sites (N-methyl/N-ethyl adjacent to an activating group) is 1. The minimum atomic E-state index is -0.998. The van der Waals surface area contributed by atoms with Crippen molar-refractivity contribution >= 4 is 23.2 Å². The number of aromatic carboxylic acids is 1. The number of nitrogens with zero attached hydrogens (tertiary/aromatic N) is 1. The van der Waals surface area contributed by atoms with E-state index in [1.807, 2.05) is 30.3 Å². The fraction of sp³-hybridized carbons (Fsp3) is 0.200. The maximum absolute atomic E-state index is 11.9. The minimum Gasteiger partial charge on any atom is -0.483 e. The Kier molecular flexibility index (Phi) is 4.94. The highest BCUT2D eigenvalue weighted by molar-refractivity contribution is 7.12. The molecule has 0 aliphatic carbocycles. The van der Waals surface area contributed by atoms with Gasteiger partial charge in [0, 0.05) is 25.0 Å². The van der Waals surface area contributed by atoms with Crippen molar-refractivity contribution in [2.75, 3.05) is 13.7 Å². The van der Waals surface area contributed by atoms with E-state index in [9.17, 15) is 9.59 Å². The first kappa shape index (κ1) is 15.1. The van der Waals surface area contributed by atoms with E-state index in [1.165, 1.54) is 6.07 Å². The largest absolute Gasteiger partial charge is 0.483 e. The van der Waals surface area contributed by atoms with E-state index in [2.05, 4.69) is 0 Å². The summed E-state index contributed by atoms with van der Waals surface area (Å²) in [5, 5.41) is 10.4. The average Bonchev–Trinajstić information content (AvgIpc) is 2.95. The van der Waals surface area contributed by atoms with E-state index >= 15 is 0 Å². The molecular formula is C15H15NO4S. The first-order valence-electron chi connectivity index (χ1n) is 6.29. The third-order valence-corrected chi connectivity index (χ3v) is 3.73. The molecule has 0 atom stereocenters. The van der Waals surface area contributed by atoms with E-state index in [0.717, 1.165) is 16.9 Å². The third-order valence-electron chi connectivity index (χ3n) is 2.84. The monoisotopic (exact) mass is 305 g/mol. The molecule has 0 bridgehead atoms. The maximum Gasteiger partial charge on any atom is 0.346 e. The van der Waals surface area contributed by atoms with E-state index in [0.29, 0.717) is 12.3 Å². The number of carboxylic acid groups (broad SMARTS) is 1. The Morgan fingerprint density at radius 1 is 1.29 bits per heavy atom. The van der Waals surface area contributed by atoms with Crippen molar-refractivity contribution in [1.29, 1.82) is 0 Å². The summed E-state index contributed by atoms with van der Waals surface area (Å²) >= 11 is 1.07. The molecule has 2 rings (SSSR count). The van der Waals surface area contributed by atoms with Gasteiger partial charge in [0.2, 0.25) is 0 Å².